The Morgan fingerprint density at radius 3 is 2.35 bits per heavy atom. The van der Waals surface area contributed by atoms with Gasteiger partial charge in [0, 0.05) is 7.11 Å². The summed E-state index contributed by atoms with van der Waals surface area (Å²) < 4.78 is 56.6. The molecule has 1 aliphatic heterocycles. The molecule has 0 radical (unpaired) electrons. The molecule has 4 rings (SSSR count). The number of nitrogen functional groups attached to an aromatic ring is 1. The fourth-order valence-corrected chi connectivity index (χ4v) is 7.00. The van der Waals surface area contributed by atoms with Crippen molar-refractivity contribution in [2.75, 3.05) is 26.1 Å². The van der Waals surface area contributed by atoms with Gasteiger partial charge in [0.2, 0.25) is 5.60 Å². The van der Waals surface area contributed by atoms with Gasteiger partial charge in [-0.25, -0.2) is 19.2 Å². The number of nitrogens with two attached hydrogens (primary N) is 1. The summed E-state index contributed by atoms with van der Waals surface area (Å²) in [6.07, 6.45) is -2.79. The number of carbonyl (C=O) groups is 3. The number of methoxy groups -OCH3 is 1. The van der Waals surface area contributed by atoms with Gasteiger partial charge in [0.25, 0.3) is 0 Å². The molecular weight excluding hydrogens is 625 g/mol. The minimum Gasteiger partial charge on any atom is -0.462 e. The lowest BCUT2D eigenvalue weighted by Gasteiger charge is -2.31. The number of nitrogens with one attached hydrogen (secondary N) is 1. The molecule has 16 nitrogen and oxygen atoms in total. The molecule has 2 aromatic rings. The van der Waals surface area contributed by atoms with Gasteiger partial charge in [-0.05, 0) is 39.8 Å². The summed E-state index contributed by atoms with van der Waals surface area (Å²) in [5.41, 5.74) is 3.65. The summed E-state index contributed by atoms with van der Waals surface area (Å²) in [4.78, 5) is 43.1. The molecule has 2 aromatic heterocycles. The number of aromatic nitrogens is 3. The lowest BCUT2D eigenvalue weighted by molar-refractivity contribution is -0.181. The molecule has 3 N–H and O–H groups in total. The van der Waals surface area contributed by atoms with Crippen molar-refractivity contribution in [2.45, 2.75) is 97.0 Å². The van der Waals surface area contributed by atoms with Crippen molar-refractivity contribution in [1.82, 2.24) is 19.7 Å². The Morgan fingerprint density at radius 1 is 1.07 bits per heavy atom. The third-order valence-corrected chi connectivity index (χ3v) is 9.47. The van der Waals surface area contributed by atoms with Crippen LogP contribution in [0.15, 0.2) is 18.5 Å². The number of carbonyl (C=O) groups excluding carboxylic acids is 3. The smallest absolute Gasteiger partial charge is 0.406 e. The first-order valence-electron chi connectivity index (χ1n) is 15.1. The van der Waals surface area contributed by atoms with E-state index in [1.807, 2.05) is 0 Å². The number of nitrogens with zero attached hydrogens (tertiary/aromatic N) is 3. The van der Waals surface area contributed by atoms with Crippen molar-refractivity contribution >= 4 is 37.0 Å². The van der Waals surface area contributed by atoms with E-state index in [9.17, 15) is 18.9 Å². The van der Waals surface area contributed by atoms with Crippen LogP contribution in [0, 0.1) is 11.8 Å². The predicted molar refractivity (Wildman–Crippen MR) is 162 cm³/mol. The van der Waals surface area contributed by atoms with Gasteiger partial charge < -0.3 is 29.4 Å². The van der Waals surface area contributed by atoms with Crippen LogP contribution in [0.5, 0.6) is 0 Å². The summed E-state index contributed by atoms with van der Waals surface area (Å²) in [5.74, 6) is -2.90. The first kappa shape index (κ1) is 35.7. The molecule has 0 bridgehead atoms. The zero-order valence-electron chi connectivity index (χ0n) is 27.5. The van der Waals surface area contributed by atoms with Crippen molar-refractivity contribution in [3.63, 3.8) is 0 Å². The fourth-order valence-electron chi connectivity index (χ4n) is 5.28. The molecule has 1 saturated heterocycles. The highest BCUT2D eigenvalue weighted by atomic mass is 31.2. The van der Waals surface area contributed by atoms with Crippen LogP contribution in [0.25, 0.3) is 5.52 Å². The topological polar surface area (TPSA) is 201 Å². The van der Waals surface area contributed by atoms with Crippen molar-refractivity contribution < 1.29 is 51.7 Å². The number of anilines is 1. The predicted octanol–water partition coefficient (Wildman–Crippen LogP) is 2.75. The third-order valence-electron chi connectivity index (χ3n) is 7.76. The Bertz CT molecular complexity index is 1500. The molecule has 2 fully saturated rings. The molecule has 0 amide bonds. The standard InChI is InChI=1S/C29H44N5O11P/c1-15(2)24(35)42-22-21(19-10-11-20-23(30)31-14-32-34(19)20)43-28(8)27(29(22,28)44-25(36)16(3)4)45-46(38,40-13-12-39-9)33-18(7)26(37)41-17(5)6/h10-11,14-18,21-22,27H,12-13H2,1-9H3,(H,33,38)(H2,30,31,32)/t18-,21-,22-,27?,28+,29+,46?/m0/s1. The van der Waals surface area contributed by atoms with Gasteiger partial charge in [0.15, 0.2) is 11.9 Å². The number of hydrogen-bond acceptors (Lipinski definition) is 14. The molecule has 2 unspecified atom stereocenters. The van der Waals surface area contributed by atoms with Crippen molar-refractivity contribution in [3.8, 4) is 0 Å². The maximum atomic E-state index is 14.3. The molecule has 0 spiro atoms. The molecule has 2 aliphatic rings. The van der Waals surface area contributed by atoms with Gasteiger partial charge in [0.05, 0.1) is 36.8 Å². The maximum Gasteiger partial charge on any atom is 0.406 e. The number of fused-ring (bicyclic) bond motifs is 2. The van der Waals surface area contributed by atoms with E-state index in [1.54, 1.807) is 60.6 Å². The first-order valence-corrected chi connectivity index (χ1v) is 16.6. The molecule has 0 aromatic carbocycles. The van der Waals surface area contributed by atoms with E-state index in [0.29, 0.717) is 11.2 Å². The van der Waals surface area contributed by atoms with Gasteiger partial charge in [-0.15, -0.1) is 0 Å². The van der Waals surface area contributed by atoms with Crippen LogP contribution in [-0.4, -0.2) is 88.4 Å². The second-order valence-electron chi connectivity index (χ2n) is 12.4. The Labute approximate surface area is 267 Å². The van der Waals surface area contributed by atoms with Gasteiger partial charge in [-0.1, -0.05) is 27.7 Å². The summed E-state index contributed by atoms with van der Waals surface area (Å²) in [6.45, 7) is 12.8. The van der Waals surface area contributed by atoms with Crippen LogP contribution >= 0.6 is 7.75 Å². The van der Waals surface area contributed by atoms with Gasteiger partial charge >= 0.3 is 25.7 Å². The molecule has 1 saturated carbocycles. The monoisotopic (exact) mass is 669 g/mol. The largest absolute Gasteiger partial charge is 0.462 e. The highest BCUT2D eigenvalue weighted by Gasteiger charge is 2.91. The lowest BCUT2D eigenvalue weighted by atomic mass is 10.0. The molecular formula is C29H44N5O11P. The van der Waals surface area contributed by atoms with E-state index in [4.69, 9.17) is 38.5 Å². The second-order valence-corrected chi connectivity index (χ2v) is 14.1. The van der Waals surface area contributed by atoms with Crippen LogP contribution < -0.4 is 10.8 Å². The molecule has 17 heteroatoms. The Hall–Kier alpha value is -3.14. The minimum absolute atomic E-state index is 0.0503. The van der Waals surface area contributed by atoms with E-state index in [0.717, 1.165) is 0 Å². The maximum absolute atomic E-state index is 14.3. The van der Waals surface area contributed by atoms with E-state index in [2.05, 4.69) is 15.2 Å². The molecule has 3 heterocycles. The Kier molecular flexibility index (Phi) is 10.5. The second kappa shape index (κ2) is 13.5. The van der Waals surface area contributed by atoms with Gasteiger partial charge in [-0.2, -0.15) is 5.10 Å². The van der Waals surface area contributed by atoms with Crippen molar-refractivity contribution in [2.24, 2.45) is 11.8 Å². The fraction of sp³-hybridized carbons (Fsp3) is 0.690. The van der Waals surface area contributed by atoms with Crippen molar-refractivity contribution in [3.05, 3.63) is 24.2 Å². The molecule has 256 valence electrons. The van der Waals surface area contributed by atoms with E-state index in [1.165, 1.54) is 24.9 Å². The van der Waals surface area contributed by atoms with Crippen molar-refractivity contribution in [1.29, 1.82) is 0 Å². The zero-order chi connectivity index (χ0) is 34.2. The van der Waals surface area contributed by atoms with Crippen LogP contribution in [0.3, 0.4) is 0 Å². The summed E-state index contributed by atoms with van der Waals surface area (Å²) >= 11 is 0. The number of rotatable bonds is 15. The highest BCUT2D eigenvalue weighted by Crippen LogP contribution is 2.71. The van der Waals surface area contributed by atoms with Gasteiger partial charge in [-0.3, -0.25) is 23.4 Å². The summed E-state index contributed by atoms with van der Waals surface area (Å²) in [7, 11) is -2.96. The van der Waals surface area contributed by atoms with Gasteiger partial charge in [0.1, 0.15) is 35.7 Å². The Morgan fingerprint density at radius 2 is 1.74 bits per heavy atom. The quantitative estimate of drug-likeness (QED) is 0.121. The SMILES string of the molecule is COCCOP(=O)(N[C@@H](C)C(=O)OC(C)C)OC1[C@@]2(C)O[C@@H](c3ccc4c(N)ncnn34)[C@H](OC(=O)C(C)C)[C@@]12OC(=O)C(C)C. The van der Waals surface area contributed by atoms with Crippen LogP contribution in [0.2, 0.25) is 0 Å². The zero-order valence-corrected chi connectivity index (χ0v) is 28.4. The third kappa shape index (κ3) is 6.64. The van der Waals surface area contributed by atoms with Crippen LogP contribution in [0.1, 0.15) is 67.2 Å². The number of esters is 3. The average Bonchev–Trinajstić information content (AvgIpc) is 3.24. The highest BCUT2D eigenvalue weighted by molar-refractivity contribution is 7.51. The molecule has 46 heavy (non-hydrogen) atoms. The normalized spacial score (nSPS) is 27.4. The number of hydrogen-bond donors (Lipinski definition) is 2. The van der Waals surface area contributed by atoms with Crippen LogP contribution in [-0.2, 0) is 51.7 Å². The first-order chi connectivity index (χ1) is 21.5. The summed E-state index contributed by atoms with van der Waals surface area (Å²) in [6, 6.07) is 2.24. The summed E-state index contributed by atoms with van der Waals surface area (Å²) in [5, 5.41) is 6.91. The number of ether oxygens (including phenoxy) is 5. The Balaban J connectivity index is 1.79. The van der Waals surface area contributed by atoms with E-state index >= 15 is 0 Å². The van der Waals surface area contributed by atoms with E-state index < -0.39 is 79.2 Å². The van der Waals surface area contributed by atoms with Crippen LogP contribution in [0.4, 0.5) is 5.82 Å². The molecule has 7 atom stereocenters. The van der Waals surface area contributed by atoms with E-state index in [-0.39, 0.29) is 19.0 Å². The molecule has 1 aliphatic carbocycles. The lowest BCUT2D eigenvalue weighted by Crippen LogP contribution is -2.44. The average molecular weight is 670 g/mol. The minimum atomic E-state index is -4.39.